The van der Waals surface area contributed by atoms with Crippen LogP contribution in [0, 0.1) is 19.8 Å². The number of piperazine rings is 1. The molecule has 0 aliphatic carbocycles. The third-order valence-electron chi connectivity index (χ3n) is 16.4. The second-order valence-electron chi connectivity index (χ2n) is 23.3. The number of hydrogen-bond donors (Lipinski definition) is 0. The topological polar surface area (TPSA) is 111 Å². The van der Waals surface area contributed by atoms with Crippen molar-refractivity contribution in [2.45, 2.75) is 163 Å². The fourth-order valence-corrected chi connectivity index (χ4v) is 13.7. The highest BCUT2D eigenvalue weighted by atomic mass is 79.9. The third kappa shape index (κ3) is 26.6. The number of carbonyl (C=O) groups excluding carboxylic acids is 4. The quantitative estimate of drug-likeness (QED) is 0.0491. The van der Waals surface area contributed by atoms with E-state index in [1.807, 2.05) is 90.1 Å². The molecule has 0 spiro atoms. The second-order valence-corrected chi connectivity index (χ2v) is 25.8. The summed E-state index contributed by atoms with van der Waals surface area (Å²) < 4.78 is 15.1. The van der Waals surface area contributed by atoms with Crippen molar-refractivity contribution < 1.29 is 96.4 Å². The van der Waals surface area contributed by atoms with Gasteiger partial charge in [-0.3, -0.25) is 24.1 Å². The Bertz CT molecular complexity index is 3100. The number of piperidine rings is 2. The van der Waals surface area contributed by atoms with Crippen LogP contribution < -0.4 is 77.2 Å². The van der Waals surface area contributed by atoms with Crippen molar-refractivity contribution in [1.29, 1.82) is 0 Å². The van der Waals surface area contributed by atoms with E-state index in [0.29, 0.717) is 55.5 Å². The third-order valence-corrected chi connectivity index (χ3v) is 18.9. The maximum atomic E-state index is 12.8. The lowest BCUT2D eigenvalue weighted by atomic mass is 9.90. The average molecular weight is 1400 g/mol. The molecule has 3 aliphatic heterocycles. The molecule has 3 aromatic carbocycles. The molecule has 7 aromatic rings. The predicted octanol–water partition coefficient (Wildman–Crippen LogP) is -1.54. The summed E-state index contributed by atoms with van der Waals surface area (Å²) in [5.41, 5.74) is 12.1. The van der Waals surface area contributed by atoms with Gasteiger partial charge in [0.25, 0.3) is 17.7 Å². The van der Waals surface area contributed by atoms with Crippen molar-refractivity contribution in [2.75, 3.05) is 46.4 Å². The molecule has 3 aliphatic rings. The van der Waals surface area contributed by atoms with Gasteiger partial charge in [-0.25, -0.2) is 9.13 Å². The maximum absolute atomic E-state index is 12.8. The molecule has 10 rings (SSSR count). The van der Waals surface area contributed by atoms with Gasteiger partial charge >= 0.3 is 0 Å². The number of hydrogen-bond acceptors (Lipinski definition) is 9. The van der Waals surface area contributed by atoms with Crippen LogP contribution in [0.4, 0.5) is 0 Å². The molecule has 0 saturated carbocycles. The number of unbranched alkanes of at least 4 members (excludes halogenated alkanes) is 5. The van der Waals surface area contributed by atoms with Crippen molar-refractivity contribution in [3.63, 3.8) is 0 Å². The molecule has 3 amide bonds. The number of ketones is 1. The molecule has 21 heteroatoms. The molecule has 4 aromatic heterocycles. The van der Waals surface area contributed by atoms with Crippen LogP contribution in [0.5, 0.6) is 5.75 Å². The maximum Gasteiger partial charge on any atom is 0.289 e. The Morgan fingerprint density at radius 3 is 1.85 bits per heavy atom. The number of amides is 3. The summed E-state index contributed by atoms with van der Waals surface area (Å²) in [6, 6.07) is 29.3. The van der Waals surface area contributed by atoms with Crippen LogP contribution in [0.25, 0.3) is 0 Å². The number of Topliss-reactive ketones (excluding diaryl/α,β-unsaturated/α-hetero) is 1. The first-order chi connectivity index (χ1) is 41.2. The van der Waals surface area contributed by atoms with Crippen molar-refractivity contribution in [2.24, 2.45) is 13.0 Å². The number of aryl methyl sites for hydroxylation is 4. The van der Waals surface area contributed by atoms with Crippen LogP contribution in [0.15, 0.2) is 137 Å². The number of halogens is 4. The monoisotopic (exact) mass is 1400 g/mol. The molecule has 7 heterocycles. The summed E-state index contributed by atoms with van der Waals surface area (Å²) in [6.07, 6.45) is 23.6. The molecule has 2 unspecified atom stereocenters. The number of likely N-dealkylation sites (tertiary alicyclic amines) is 2. The van der Waals surface area contributed by atoms with Crippen molar-refractivity contribution >= 4 is 57.5 Å². The van der Waals surface area contributed by atoms with Crippen LogP contribution in [-0.4, -0.2) is 106 Å². The molecule has 0 bridgehead atoms. The Kier molecular flexibility index (Phi) is 37.0. The summed E-state index contributed by atoms with van der Waals surface area (Å²) in [7, 11) is 3.52. The predicted molar refractivity (Wildman–Crippen MR) is 340 cm³/mol. The van der Waals surface area contributed by atoms with Crippen molar-refractivity contribution in [1.82, 2.24) is 24.2 Å². The molecule has 3 fully saturated rings. The minimum atomic E-state index is 0. The molecule has 14 nitrogen and oxygen atoms in total. The van der Waals surface area contributed by atoms with E-state index in [4.69, 9.17) is 4.74 Å². The molecule has 0 radical (unpaired) electrons. The van der Waals surface area contributed by atoms with E-state index in [0.717, 1.165) is 84.3 Å². The summed E-state index contributed by atoms with van der Waals surface area (Å²) in [6.45, 7) is 18.9. The van der Waals surface area contributed by atoms with Gasteiger partial charge in [0.05, 0.1) is 29.8 Å². The average Bonchev–Trinajstić information content (AvgIpc) is 4.34. The van der Waals surface area contributed by atoms with Gasteiger partial charge in [-0.15, -0.1) is 0 Å². The van der Waals surface area contributed by atoms with Gasteiger partial charge in [0, 0.05) is 76.8 Å². The van der Waals surface area contributed by atoms with E-state index < -0.39 is 0 Å². The number of carbonyl (C=O) groups is 4. The SMILES string of the molecule is CCCCCCCCc1csc[n+]1CC(=O)N1CCN(Cc2ccccc2)CC1.COc1cccc(C(=O)C[n+]2ccn(C)c2)c1.Cc1c[n+](CC(=O)N2CCC(Cc3ccccc3)CC2)cs1.Cc1csc[n+]1CC(=O)N1C(C)CCCC1C.[Br-].[Cl-].[Cl-].[Cl-]. The number of ether oxygens (including phenoxy) is 1. The highest BCUT2D eigenvalue weighted by molar-refractivity contribution is 7.09. The highest BCUT2D eigenvalue weighted by Gasteiger charge is 2.32. The van der Waals surface area contributed by atoms with Gasteiger partial charge in [0.2, 0.25) is 48.3 Å². The van der Waals surface area contributed by atoms with Crippen LogP contribution in [0.2, 0.25) is 0 Å². The number of aromatic nitrogens is 5. The first-order valence-electron chi connectivity index (χ1n) is 30.9. The van der Waals surface area contributed by atoms with E-state index in [1.54, 1.807) is 53.3 Å². The lowest BCUT2D eigenvalue weighted by Crippen LogP contribution is -3.00. The van der Waals surface area contributed by atoms with Gasteiger partial charge in [0.1, 0.15) is 18.1 Å². The van der Waals surface area contributed by atoms with E-state index in [2.05, 4.69) is 119 Å². The summed E-state index contributed by atoms with van der Waals surface area (Å²) in [5.74, 6) is 2.26. The number of benzene rings is 3. The number of thiazole rings is 3. The molecule has 89 heavy (non-hydrogen) atoms. The zero-order valence-electron chi connectivity index (χ0n) is 53.3. The number of rotatable bonds is 21. The molecule has 0 N–H and O–H groups in total. The standard InChI is InChI=1S/C24H36N3OS.C18H23N2OS.C13H15N2O2.C13H21N2OS.BrH.3ClH/c1-2-3-4-5-6-10-13-23-20-29-21-27(23)19-24(28)26-16-14-25(15-17-26)18-22-11-8-7-9-12-22;1-15-12-19(14-22-15)13-18(21)20-9-7-17(8-10-20)11-16-5-3-2-4-6-16;1-14-6-7-15(10-14)9-13(16)11-4-3-5-12(8-11)17-2;1-10-5-4-6-11(2)15(10)13(16)7-14-9-17-8-12(14)3;;;;/h7-9,11-12,20-21H,2-6,10,13-19H2,1H3;2-6,12,14,17H,7-11,13H2,1H3;3-8,10H,9H2,1-2H3;8-11H,4-7H2,1-3H3;4*1H/q4*+1;;;;/p-4. The van der Waals surface area contributed by atoms with Gasteiger partial charge in [-0.1, -0.05) is 146 Å². The Morgan fingerprint density at radius 2 is 1.25 bits per heavy atom. The molecular formula is C68H95BrCl3N9O5S3. The van der Waals surface area contributed by atoms with E-state index in [1.165, 1.54) is 72.3 Å². The Morgan fingerprint density at radius 1 is 0.640 bits per heavy atom. The molecule has 2 atom stereocenters. The van der Waals surface area contributed by atoms with E-state index >= 15 is 0 Å². The molecule has 488 valence electrons. The normalized spacial score (nSPS) is 15.6. The Balaban J connectivity index is 0.000000313. The Labute approximate surface area is 571 Å². The lowest BCUT2D eigenvalue weighted by molar-refractivity contribution is -0.687. The van der Waals surface area contributed by atoms with E-state index in [9.17, 15) is 19.2 Å². The zero-order valence-corrected chi connectivity index (χ0v) is 59.6. The van der Waals surface area contributed by atoms with Crippen LogP contribution in [0.3, 0.4) is 0 Å². The van der Waals surface area contributed by atoms with Crippen LogP contribution >= 0.6 is 34.0 Å². The molecule has 3 saturated heterocycles. The van der Waals surface area contributed by atoms with Crippen LogP contribution in [-0.2, 0) is 67.0 Å². The van der Waals surface area contributed by atoms with Crippen molar-refractivity contribution in [3.05, 3.63) is 170 Å². The summed E-state index contributed by atoms with van der Waals surface area (Å²) in [5, 5.41) is 4.30. The lowest BCUT2D eigenvalue weighted by Gasteiger charge is -2.38. The Hall–Kier alpha value is -5.05. The second kappa shape index (κ2) is 42.2. The summed E-state index contributed by atoms with van der Waals surface area (Å²) in [4.78, 5) is 59.4. The fourth-order valence-electron chi connectivity index (χ4n) is 11.4. The first kappa shape index (κ1) is 78.2. The highest BCUT2D eigenvalue weighted by Crippen LogP contribution is 2.24. The number of methoxy groups -OCH3 is 1. The number of nitrogens with zero attached hydrogens (tertiary/aromatic N) is 9. The van der Waals surface area contributed by atoms with Gasteiger partial charge in [-0.2, -0.15) is 13.7 Å². The fraction of sp³-hybridized carbons (Fsp3) is 0.500. The summed E-state index contributed by atoms with van der Waals surface area (Å²) >= 11 is 5.05. The smallest absolute Gasteiger partial charge is 0.289 e. The van der Waals surface area contributed by atoms with Crippen LogP contribution in [0.1, 0.15) is 129 Å². The van der Waals surface area contributed by atoms with Gasteiger partial charge in [0.15, 0.2) is 24.1 Å². The van der Waals surface area contributed by atoms with Crippen molar-refractivity contribution in [3.8, 4) is 5.75 Å². The van der Waals surface area contributed by atoms with Gasteiger partial charge in [-0.05, 0) is 94.9 Å². The molecular weight excluding hydrogens is 1310 g/mol. The minimum Gasteiger partial charge on any atom is -1.00 e. The largest absolute Gasteiger partial charge is 1.00 e. The van der Waals surface area contributed by atoms with E-state index in [-0.39, 0.29) is 77.7 Å². The zero-order chi connectivity index (χ0) is 60.3. The number of imidazole rings is 1. The van der Waals surface area contributed by atoms with Gasteiger partial charge < -0.3 is 73.6 Å². The minimum absolute atomic E-state index is 0. The first-order valence-corrected chi connectivity index (χ1v) is 33.7.